The summed E-state index contributed by atoms with van der Waals surface area (Å²) in [6, 6.07) is 0. The lowest BCUT2D eigenvalue weighted by atomic mass is 9.95. The highest BCUT2D eigenvalue weighted by molar-refractivity contribution is 5.69. The van der Waals surface area contributed by atoms with Crippen LogP contribution in [0.3, 0.4) is 0 Å². The molecule has 1 unspecified atom stereocenters. The van der Waals surface area contributed by atoms with Crippen molar-refractivity contribution in [2.45, 2.75) is 84.0 Å². The molecule has 126 valence electrons. The molecule has 0 aromatic heterocycles. The van der Waals surface area contributed by atoms with Gasteiger partial charge in [0, 0.05) is 6.42 Å². The lowest BCUT2D eigenvalue weighted by Gasteiger charge is -2.11. The number of hydrogen-bond acceptors (Lipinski definition) is 3. The molecule has 0 bridgehead atoms. The first-order valence-electron chi connectivity index (χ1n) is 8.02. The Bertz CT molecular complexity index is 269. The van der Waals surface area contributed by atoms with Crippen LogP contribution in [0.2, 0.25) is 0 Å². The molecule has 0 radical (unpaired) electrons. The highest BCUT2D eigenvalue weighted by Gasteiger charge is 2.15. The van der Waals surface area contributed by atoms with Crippen molar-refractivity contribution in [2.24, 2.45) is 5.92 Å². The van der Waals surface area contributed by atoms with Crippen LogP contribution in [0.1, 0.15) is 84.0 Å². The number of aliphatic carboxylic acids is 2. The second kappa shape index (κ2) is 15.3. The zero-order valence-corrected chi connectivity index (χ0v) is 13.5. The molecule has 0 saturated heterocycles. The Balaban J connectivity index is 0. The van der Waals surface area contributed by atoms with E-state index in [4.69, 9.17) is 10.2 Å². The standard InChI is InChI=1S/C16H30O4.H3N/c1-2-3-11-14(16(19)20)12-9-7-5-4-6-8-10-13-15(17)18;/h14H,2-13H2,1H3,(H,17,18)(H,19,20);1H3. The van der Waals surface area contributed by atoms with Gasteiger partial charge in [-0.2, -0.15) is 0 Å². The maximum absolute atomic E-state index is 11.1. The molecular formula is C16H33NO4. The molecule has 0 amide bonds. The van der Waals surface area contributed by atoms with E-state index in [0.717, 1.165) is 70.6 Å². The third-order valence-electron chi connectivity index (χ3n) is 3.70. The lowest BCUT2D eigenvalue weighted by Crippen LogP contribution is -2.13. The Morgan fingerprint density at radius 3 is 1.76 bits per heavy atom. The molecule has 0 fully saturated rings. The summed E-state index contributed by atoms with van der Waals surface area (Å²) in [5.41, 5.74) is 0. The average Bonchev–Trinajstić information content (AvgIpc) is 2.39. The van der Waals surface area contributed by atoms with Crippen LogP contribution < -0.4 is 6.15 Å². The topological polar surface area (TPSA) is 110 Å². The second-order valence-electron chi connectivity index (χ2n) is 5.58. The van der Waals surface area contributed by atoms with Crippen molar-refractivity contribution in [3.05, 3.63) is 0 Å². The summed E-state index contributed by atoms with van der Waals surface area (Å²) in [6.07, 6.45) is 11.1. The summed E-state index contributed by atoms with van der Waals surface area (Å²) >= 11 is 0. The van der Waals surface area contributed by atoms with Crippen LogP contribution in [0, 0.1) is 5.92 Å². The molecule has 0 heterocycles. The van der Waals surface area contributed by atoms with Gasteiger partial charge in [-0.3, -0.25) is 9.59 Å². The van der Waals surface area contributed by atoms with Crippen molar-refractivity contribution >= 4 is 11.9 Å². The van der Waals surface area contributed by atoms with Crippen molar-refractivity contribution < 1.29 is 19.8 Å². The van der Waals surface area contributed by atoms with E-state index < -0.39 is 11.9 Å². The predicted molar refractivity (Wildman–Crippen MR) is 84.9 cm³/mol. The Kier molecular flexibility index (Phi) is 16.2. The number of carboxylic acids is 2. The molecule has 5 N–H and O–H groups in total. The largest absolute Gasteiger partial charge is 0.481 e. The van der Waals surface area contributed by atoms with Gasteiger partial charge in [-0.15, -0.1) is 0 Å². The van der Waals surface area contributed by atoms with Gasteiger partial charge in [-0.25, -0.2) is 0 Å². The summed E-state index contributed by atoms with van der Waals surface area (Å²) in [6.45, 7) is 2.09. The molecule has 21 heavy (non-hydrogen) atoms. The fourth-order valence-electron chi connectivity index (χ4n) is 2.39. The Morgan fingerprint density at radius 2 is 1.29 bits per heavy atom. The van der Waals surface area contributed by atoms with Gasteiger partial charge in [-0.05, 0) is 19.3 Å². The van der Waals surface area contributed by atoms with Gasteiger partial charge in [0.15, 0.2) is 0 Å². The fourth-order valence-corrected chi connectivity index (χ4v) is 2.39. The molecule has 0 aromatic carbocycles. The predicted octanol–water partition coefficient (Wildman–Crippen LogP) is 4.63. The van der Waals surface area contributed by atoms with Crippen LogP contribution >= 0.6 is 0 Å². The molecular weight excluding hydrogens is 270 g/mol. The molecule has 0 spiro atoms. The SMILES string of the molecule is CCCCC(CCCCCCCCCC(=O)O)C(=O)O.N. The molecule has 0 rings (SSSR count). The van der Waals surface area contributed by atoms with Crippen LogP contribution in [-0.2, 0) is 9.59 Å². The number of hydrogen-bond donors (Lipinski definition) is 3. The molecule has 0 aliphatic carbocycles. The molecule has 5 heteroatoms. The Labute approximate surface area is 128 Å². The van der Waals surface area contributed by atoms with E-state index in [-0.39, 0.29) is 18.5 Å². The first-order valence-corrected chi connectivity index (χ1v) is 8.02. The van der Waals surface area contributed by atoms with Crippen LogP contribution in [0.5, 0.6) is 0 Å². The van der Waals surface area contributed by atoms with Gasteiger partial charge in [0.25, 0.3) is 0 Å². The van der Waals surface area contributed by atoms with E-state index in [1.807, 2.05) is 0 Å². The van der Waals surface area contributed by atoms with Gasteiger partial charge in [0.2, 0.25) is 0 Å². The third kappa shape index (κ3) is 15.1. The molecule has 0 saturated carbocycles. The first kappa shape index (κ1) is 22.2. The summed E-state index contributed by atoms with van der Waals surface area (Å²) in [4.78, 5) is 21.4. The Hall–Kier alpha value is -1.10. The van der Waals surface area contributed by atoms with E-state index in [1.54, 1.807) is 0 Å². The number of rotatable bonds is 14. The van der Waals surface area contributed by atoms with E-state index in [9.17, 15) is 9.59 Å². The molecule has 1 atom stereocenters. The van der Waals surface area contributed by atoms with Crippen molar-refractivity contribution in [2.75, 3.05) is 0 Å². The maximum Gasteiger partial charge on any atom is 0.306 e. The minimum atomic E-state index is -0.711. The Morgan fingerprint density at radius 1 is 0.810 bits per heavy atom. The van der Waals surface area contributed by atoms with E-state index in [2.05, 4.69) is 6.92 Å². The minimum absolute atomic E-state index is 0. The first-order chi connectivity index (χ1) is 9.57. The zero-order chi connectivity index (χ0) is 15.2. The highest BCUT2D eigenvalue weighted by atomic mass is 16.4. The van der Waals surface area contributed by atoms with Crippen LogP contribution in [-0.4, -0.2) is 22.2 Å². The van der Waals surface area contributed by atoms with Crippen molar-refractivity contribution in [1.29, 1.82) is 0 Å². The van der Waals surface area contributed by atoms with Gasteiger partial charge in [0.05, 0.1) is 5.92 Å². The molecule has 5 nitrogen and oxygen atoms in total. The lowest BCUT2D eigenvalue weighted by molar-refractivity contribution is -0.142. The highest BCUT2D eigenvalue weighted by Crippen LogP contribution is 2.18. The monoisotopic (exact) mass is 303 g/mol. The van der Waals surface area contributed by atoms with E-state index in [1.165, 1.54) is 0 Å². The number of unbranched alkanes of at least 4 members (excludes halogenated alkanes) is 7. The molecule has 0 aliphatic heterocycles. The quantitative estimate of drug-likeness (QED) is 0.405. The van der Waals surface area contributed by atoms with Gasteiger partial charge in [-0.1, -0.05) is 58.3 Å². The van der Waals surface area contributed by atoms with Crippen molar-refractivity contribution in [3.8, 4) is 0 Å². The van der Waals surface area contributed by atoms with Gasteiger partial charge < -0.3 is 16.4 Å². The summed E-state index contributed by atoms with van der Waals surface area (Å²) < 4.78 is 0. The maximum atomic E-state index is 11.1. The second-order valence-corrected chi connectivity index (χ2v) is 5.58. The summed E-state index contributed by atoms with van der Waals surface area (Å²) in [5.74, 6) is -1.52. The van der Waals surface area contributed by atoms with Crippen LogP contribution in [0.4, 0.5) is 0 Å². The van der Waals surface area contributed by atoms with Crippen LogP contribution in [0.15, 0.2) is 0 Å². The van der Waals surface area contributed by atoms with E-state index in [0.29, 0.717) is 0 Å². The van der Waals surface area contributed by atoms with Crippen molar-refractivity contribution in [3.63, 3.8) is 0 Å². The van der Waals surface area contributed by atoms with E-state index >= 15 is 0 Å². The fraction of sp³-hybridized carbons (Fsp3) is 0.875. The number of carboxylic acid groups (broad SMARTS) is 2. The van der Waals surface area contributed by atoms with Gasteiger partial charge >= 0.3 is 11.9 Å². The number of carbonyl (C=O) groups is 2. The zero-order valence-electron chi connectivity index (χ0n) is 13.5. The minimum Gasteiger partial charge on any atom is -0.481 e. The average molecular weight is 303 g/mol. The summed E-state index contributed by atoms with van der Waals surface area (Å²) in [7, 11) is 0. The molecule has 0 aliphatic rings. The smallest absolute Gasteiger partial charge is 0.306 e. The third-order valence-corrected chi connectivity index (χ3v) is 3.70. The van der Waals surface area contributed by atoms with Crippen LogP contribution in [0.25, 0.3) is 0 Å². The summed E-state index contributed by atoms with van der Waals surface area (Å²) in [5, 5.41) is 17.6. The van der Waals surface area contributed by atoms with Gasteiger partial charge in [0.1, 0.15) is 0 Å². The normalized spacial score (nSPS) is 11.7. The molecule has 0 aromatic rings. The van der Waals surface area contributed by atoms with Crippen molar-refractivity contribution in [1.82, 2.24) is 6.15 Å².